The van der Waals surface area contributed by atoms with Gasteiger partial charge in [0.25, 0.3) is 5.91 Å². The van der Waals surface area contributed by atoms with Crippen LogP contribution in [-0.4, -0.2) is 31.8 Å². The van der Waals surface area contributed by atoms with Crippen LogP contribution in [-0.2, 0) is 21.0 Å². The molecule has 0 saturated carbocycles. The second-order valence-electron chi connectivity index (χ2n) is 7.74. The van der Waals surface area contributed by atoms with Crippen LogP contribution in [0.1, 0.15) is 11.1 Å². The second-order valence-corrected chi connectivity index (χ2v) is 9.34. The summed E-state index contributed by atoms with van der Waals surface area (Å²) in [5.41, 5.74) is 3.13. The van der Waals surface area contributed by atoms with E-state index in [4.69, 9.17) is 21.1 Å². The molecule has 0 aromatic heterocycles. The minimum Gasteiger partial charge on any atom is -0.493 e. The van der Waals surface area contributed by atoms with E-state index in [-0.39, 0.29) is 17.6 Å². The first-order chi connectivity index (χ1) is 16.0. The zero-order valence-corrected chi connectivity index (χ0v) is 19.7. The van der Waals surface area contributed by atoms with Gasteiger partial charge in [0, 0.05) is 22.3 Å². The van der Waals surface area contributed by atoms with Crippen molar-refractivity contribution >= 4 is 46.6 Å². The fourth-order valence-corrected chi connectivity index (χ4v) is 5.93. The molecule has 2 aliphatic rings. The van der Waals surface area contributed by atoms with Crippen LogP contribution in [0, 0.1) is 0 Å². The van der Waals surface area contributed by atoms with Crippen molar-refractivity contribution in [1.29, 1.82) is 0 Å². The van der Waals surface area contributed by atoms with Crippen molar-refractivity contribution in [2.45, 2.75) is 11.4 Å². The molecule has 6 nitrogen and oxygen atoms in total. The molecule has 1 saturated heterocycles. The molecule has 1 spiro atoms. The third-order valence-electron chi connectivity index (χ3n) is 5.94. The zero-order valence-electron chi connectivity index (χ0n) is 18.1. The number of benzene rings is 3. The molecule has 2 amide bonds. The lowest BCUT2D eigenvalue weighted by atomic mass is 10.0. The molecule has 33 heavy (non-hydrogen) atoms. The summed E-state index contributed by atoms with van der Waals surface area (Å²) in [7, 11) is 3.10. The van der Waals surface area contributed by atoms with E-state index in [9.17, 15) is 9.59 Å². The topological polar surface area (TPSA) is 59.1 Å². The molecule has 2 aliphatic heterocycles. The molecular formula is C25H21ClN2O4S. The smallest absolute Gasteiger partial charge is 0.269 e. The number of hydrogen-bond acceptors (Lipinski definition) is 5. The predicted molar refractivity (Wildman–Crippen MR) is 130 cm³/mol. The first kappa shape index (κ1) is 21.7. The number of methoxy groups -OCH3 is 2. The van der Waals surface area contributed by atoms with Crippen LogP contribution < -0.4 is 19.3 Å². The van der Waals surface area contributed by atoms with Gasteiger partial charge in [-0.3, -0.25) is 14.5 Å². The Morgan fingerprint density at radius 2 is 1.70 bits per heavy atom. The molecule has 0 N–H and O–H groups in total. The Hall–Kier alpha value is -3.16. The van der Waals surface area contributed by atoms with Gasteiger partial charge < -0.3 is 14.4 Å². The van der Waals surface area contributed by atoms with E-state index in [1.54, 1.807) is 42.2 Å². The van der Waals surface area contributed by atoms with Crippen molar-refractivity contribution in [1.82, 2.24) is 0 Å². The van der Waals surface area contributed by atoms with Crippen molar-refractivity contribution in [3.05, 3.63) is 82.9 Å². The van der Waals surface area contributed by atoms with Gasteiger partial charge >= 0.3 is 0 Å². The van der Waals surface area contributed by atoms with Crippen LogP contribution in [0.25, 0.3) is 0 Å². The Bertz CT molecular complexity index is 1250. The molecule has 0 aliphatic carbocycles. The largest absolute Gasteiger partial charge is 0.493 e. The summed E-state index contributed by atoms with van der Waals surface area (Å²) in [6, 6.07) is 20.3. The predicted octanol–water partition coefficient (Wildman–Crippen LogP) is 4.84. The van der Waals surface area contributed by atoms with Crippen LogP contribution in [0.5, 0.6) is 11.5 Å². The number of anilines is 2. The molecule has 0 unspecified atom stereocenters. The van der Waals surface area contributed by atoms with Crippen LogP contribution in [0.15, 0.2) is 66.7 Å². The molecule has 3 aromatic rings. The van der Waals surface area contributed by atoms with Crippen LogP contribution in [0.3, 0.4) is 0 Å². The SMILES string of the molecule is COc1ccc(N2C(=O)CS[C@@]23C(=O)N(Cc2ccc(Cl)cc2)c2ccccc23)cc1OC. The first-order valence-electron chi connectivity index (χ1n) is 10.3. The Morgan fingerprint density at radius 1 is 0.970 bits per heavy atom. The first-order valence-corrected chi connectivity index (χ1v) is 11.7. The van der Waals surface area contributed by atoms with Gasteiger partial charge in [0.1, 0.15) is 0 Å². The average molecular weight is 481 g/mol. The maximum absolute atomic E-state index is 14.1. The molecule has 168 valence electrons. The fourth-order valence-electron chi connectivity index (χ4n) is 4.45. The van der Waals surface area contributed by atoms with E-state index in [1.165, 1.54) is 11.8 Å². The van der Waals surface area contributed by atoms with Gasteiger partial charge in [-0.1, -0.05) is 41.9 Å². The van der Waals surface area contributed by atoms with Gasteiger partial charge in [0.15, 0.2) is 11.5 Å². The lowest BCUT2D eigenvalue weighted by Crippen LogP contribution is -2.49. The summed E-state index contributed by atoms with van der Waals surface area (Å²) in [4.78, 5) is 29.5. The van der Waals surface area contributed by atoms with Crippen molar-refractivity contribution in [3.63, 3.8) is 0 Å². The van der Waals surface area contributed by atoms with Crippen LogP contribution in [0.2, 0.25) is 5.02 Å². The molecule has 8 heteroatoms. The van der Waals surface area contributed by atoms with Crippen LogP contribution >= 0.6 is 23.4 Å². The van der Waals surface area contributed by atoms with Crippen LogP contribution in [0.4, 0.5) is 11.4 Å². The number of amides is 2. The average Bonchev–Trinajstić information content (AvgIpc) is 3.31. The highest BCUT2D eigenvalue weighted by molar-refractivity contribution is 8.02. The Labute approximate surface area is 201 Å². The molecule has 3 aromatic carbocycles. The quantitative estimate of drug-likeness (QED) is 0.523. The number of carbonyl (C=O) groups is 2. The lowest BCUT2D eigenvalue weighted by Gasteiger charge is -2.33. The second kappa shape index (κ2) is 8.32. The highest BCUT2D eigenvalue weighted by Crippen LogP contribution is 2.56. The van der Waals surface area contributed by atoms with Crippen molar-refractivity contribution in [3.8, 4) is 11.5 Å². The molecule has 0 radical (unpaired) electrons. The number of carbonyl (C=O) groups excluding carboxylic acids is 2. The maximum Gasteiger partial charge on any atom is 0.269 e. The Kier molecular flexibility index (Phi) is 5.46. The minimum atomic E-state index is -1.18. The van der Waals surface area contributed by atoms with Crippen molar-refractivity contribution < 1.29 is 19.1 Å². The van der Waals surface area contributed by atoms with Gasteiger partial charge in [0.2, 0.25) is 10.8 Å². The number of hydrogen-bond donors (Lipinski definition) is 0. The number of thioether (sulfide) groups is 1. The summed E-state index contributed by atoms with van der Waals surface area (Å²) < 4.78 is 10.8. The zero-order chi connectivity index (χ0) is 23.2. The standard InChI is InChI=1S/C25H21ClN2O4S/c1-31-21-12-11-18(13-22(21)32-2)28-23(29)15-33-25(28)19-5-3-4-6-20(19)27(24(25)30)14-16-7-9-17(26)10-8-16/h3-13H,14-15H2,1-2H3/t25-/m0/s1. The number of fused-ring (bicyclic) bond motifs is 2. The number of rotatable bonds is 5. The highest BCUT2D eigenvalue weighted by Gasteiger charge is 2.61. The third kappa shape index (κ3) is 3.34. The highest BCUT2D eigenvalue weighted by atomic mass is 35.5. The molecule has 1 fully saturated rings. The van der Waals surface area contributed by atoms with E-state index in [0.717, 1.165) is 16.8 Å². The number of halogens is 1. The van der Waals surface area contributed by atoms with Crippen molar-refractivity contribution in [2.75, 3.05) is 29.8 Å². The fraction of sp³-hybridized carbons (Fsp3) is 0.200. The number of para-hydroxylation sites is 1. The Balaban J connectivity index is 1.62. The summed E-state index contributed by atoms with van der Waals surface area (Å²) in [5.74, 6) is 0.958. The summed E-state index contributed by atoms with van der Waals surface area (Å²) in [5, 5.41) is 0.639. The molecule has 2 heterocycles. The van der Waals surface area contributed by atoms with Gasteiger partial charge in [0.05, 0.1) is 32.2 Å². The molecular weight excluding hydrogens is 460 g/mol. The van der Waals surface area contributed by atoms with E-state index >= 15 is 0 Å². The van der Waals surface area contributed by atoms with E-state index in [2.05, 4.69) is 0 Å². The van der Waals surface area contributed by atoms with Crippen molar-refractivity contribution in [2.24, 2.45) is 0 Å². The lowest BCUT2D eigenvalue weighted by molar-refractivity contribution is -0.123. The molecule has 0 bridgehead atoms. The van der Waals surface area contributed by atoms with E-state index < -0.39 is 4.87 Å². The minimum absolute atomic E-state index is 0.135. The summed E-state index contributed by atoms with van der Waals surface area (Å²) in [6.07, 6.45) is 0. The summed E-state index contributed by atoms with van der Waals surface area (Å²) in [6.45, 7) is 0.378. The van der Waals surface area contributed by atoms with E-state index in [0.29, 0.717) is 28.8 Å². The number of nitrogens with zero attached hydrogens (tertiary/aromatic N) is 2. The normalized spacial score (nSPS) is 19.4. The van der Waals surface area contributed by atoms with Gasteiger partial charge in [-0.15, -0.1) is 11.8 Å². The third-order valence-corrected chi connectivity index (χ3v) is 7.58. The molecule has 1 atom stereocenters. The van der Waals surface area contributed by atoms with Gasteiger partial charge in [-0.05, 0) is 35.9 Å². The van der Waals surface area contributed by atoms with Gasteiger partial charge in [-0.2, -0.15) is 0 Å². The number of ether oxygens (including phenoxy) is 2. The van der Waals surface area contributed by atoms with E-state index in [1.807, 2.05) is 48.5 Å². The maximum atomic E-state index is 14.1. The monoisotopic (exact) mass is 480 g/mol. The van der Waals surface area contributed by atoms with Gasteiger partial charge in [-0.25, -0.2) is 0 Å². The summed E-state index contributed by atoms with van der Waals surface area (Å²) >= 11 is 7.38. The Morgan fingerprint density at radius 3 is 2.42 bits per heavy atom. The molecule has 5 rings (SSSR count).